The van der Waals surface area contributed by atoms with E-state index in [1.165, 1.54) is 0 Å². The number of likely N-dealkylation sites (N-methyl/N-ethyl adjacent to an activating group) is 1. The smallest absolute Gasteiger partial charge is 0.204 e. The number of nitrogens with one attached hydrogen (secondary N) is 1. The number of rotatable bonds is 8. The Bertz CT molecular complexity index is 387. The molecule has 1 aromatic heterocycles. The largest absolute Gasteiger partial charge is 0.490 e. The summed E-state index contributed by atoms with van der Waals surface area (Å²) in [7, 11) is 3.34. The molecule has 1 N–H and O–H groups in total. The molecule has 0 aliphatic rings. The second-order valence-corrected chi connectivity index (χ2v) is 4.20. The number of ether oxygens (including phenoxy) is 2. The summed E-state index contributed by atoms with van der Waals surface area (Å²) in [5, 5.41) is 3.18. The maximum Gasteiger partial charge on any atom is 0.204 e. The molecule has 0 aliphatic heterocycles. The predicted octanol–water partition coefficient (Wildman–Crippen LogP) is 1.78. The number of nitrogens with zero attached hydrogens (tertiary/aromatic N) is 3. The van der Waals surface area contributed by atoms with E-state index < -0.39 is 0 Å². The molecule has 0 saturated heterocycles. The summed E-state index contributed by atoms with van der Waals surface area (Å²) in [5.74, 6) is 2.19. The van der Waals surface area contributed by atoms with Crippen molar-refractivity contribution < 1.29 is 9.47 Å². The quantitative estimate of drug-likeness (QED) is 0.775. The fourth-order valence-electron chi connectivity index (χ4n) is 2.05. The van der Waals surface area contributed by atoms with Crippen LogP contribution in [0.1, 0.15) is 20.8 Å². The lowest BCUT2D eigenvalue weighted by atomic mass is 10.2. The average molecular weight is 268 g/mol. The van der Waals surface area contributed by atoms with Gasteiger partial charge >= 0.3 is 0 Å². The van der Waals surface area contributed by atoms with Gasteiger partial charge in [0.1, 0.15) is 6.33 Å². The predicted molar refractivity (Wildman–Crippen MR) is 77.1 cm³/mol. The highest BCUT2D eigenvalue weighted by Crippen LogP contribution is 2.32. The van der Waals surface area contributed by atoms with Crippen molar-refractivity contribution in [3.63, 3.8) is 0 Å². The van der Waals surface area contributed by atoms with Gasteiger partial charge in [0.05, 0.1) is 19.8 Å². The van der Waals surface area contributed by atoms with Gasteiger partial charge in [0, 0.05) is 20.2 Å². The van der Waals surface area contributed by atoms with Gasteiger partial charge in [0.2, 0.25) is 5.75 Å². The first kappa shape index (κ1) is 15.5. The van der Waals surface area contributed by atoms with Gasteiger partial charge in [0.15, 0.2) is 11.6 Å². The molecule has 1 aromatic rings. The van der Waals surface area contributed by atoms with Gasteiger partial charge in [-0.3, -0.25) is 0 Å². The minimum absolute atomic E-state index is 0.216. The molecule has 6 heteroatoms. The first-order valence-corrected chi connectivity index (χ1v) is 6.57. The molecular weight excluding hydrogens is 244 g/mol. The van der Waals surface area contributed by atoms with E-state index in [-0.39, 0.29) is 6.04 Å². The lowest BCUT2D eigenvalue weighted by molar-refractivity contribution is 0.181. The van der Waals surface area contributed by atoms with E-state index in [0.717, 1.165) is 24.7 Å². The minimum atomic E-state index is 0.216. The number of hydrogen-bond acceptors (Lipinski definition) is 6. The Morgan fingerprint density at radius 3 is 2.58 bits per heavy atom. The lowest BCUT2D eigenvalue weighted by Gasteiger charge is -2.30. The average Bonchev–Trinajstić information content (AvgIpc) is 2.40. The van der Waals surface area contributed by atoms with Crippen molar-refractivity contribution in [3.8, 4) is 5.75 Å². The summed E-state index contributed by atoms with van der Waals surface area (Å²) in [6, 6.07) is 0.216. The van der Waals surface area contributed by atoms with E-state index in [4.69, 9.17) is 9.47 Å². The summed E-state index contributed by atoms with van der Waals surface area (Å²) in [5.41, 5.74) is 0. The molecule has 108 valence electrons. The van der Waals surface area contributed by atoms with Gasteiger partial charge < -0.3 is 19.7 Å². The molecule has 0 bridgehead atoms. The van der Waals surface area contributed by atoms with Crippen LogP contribution in [-0.4, -0.2) is 49.9 Å². The highest BCUT2D eigenvalue weighted by molar-refractivity contribution is 5.65. The van der Waals surface area contributed by atoms with Crippen LogP contribution < -0.4 is 15.0 Å². The monoisotopic (exact) mass is 268 g/mol. The summed E-state index contributed by atoms with van der Waals surface area (Å²) in [6.45, 7) is 8.45. The first-order chi connectivity index (χ1) is 9.19. The van der Waals surface area contributed by atoms with Crippen LogP contribution in [0.4, 0.5) is 11.6 Å². The van der Waals surface area contributed by atoms with Crippen LogP contribution in [0.2, 0.25) is 0 Å². The topological polar surface area (TPSA) is 59.5 Å². The molecule has 0 fully saturated rings. The van der Waals surface area contributed by atoms with Crippen molar-refractivity contribution in [1.82, 2.24) is 9.97 Å². The molecular formula is C13H24N4O2. The van der Waals surface area contributed by atoms with Crippen LogP contribution >= 0.6 is 0 Å². The summed E-state index contributed by atoms with van der Waals surface area (Å²) in [6.07, 6.45) is 1.55. The van der Waals surface area contributed by atoms with Crippen molar-refractivity contribution in [2.45, 2.75) is 26.8 Å². The van der Waals surface area contributed by atoms with Crippen molar-refractivity contribution in [2.75, 3.05) is 44.1 Å². The van der Waals surface area contributed by atoms with Gasteiger partial charge in [-0.05, 0) is 20.8 Å². The molecule has 0 spiro atoms. The number of hydrogen-bond donors (Lipinski definition) is 1. The SMILES string of the molecule is CCNc1ncnc(N(CC)C(C)COC)c1OC. The first-order valence-electron chi connectivity index (χ1n) is 6.57. The molecule has 0 saturated carbocycles. The van der Waals surface area contributed by atoms with Crippen molar-refractivity contribution in [2.24, 2.45) is 0 Å². The van der Waals surface area contributed by atoms with Crippen LogP contribution in [0.15, 0.2) is 6.33 Å². The van der Waals surface area contributed by atoms with Gasteiger partial charge in [-0.2, -0.15) is 0 Å². The van der Waals surface area contributed by atoms with Gasteiger partial charge in [-0.25, -0.2) is 9.97 Å². The molecule has 1 unspecified atom stereocenters. The maximum absolute atomic E-state index is 5.47. The molecule has 0 amide bonds. The molecule has 0 aliphatic carbocycles. The van der Waals surface area contributed by atoms with Crippen molar-refractivity contribution >= 4 is 11.6 Å². The van der Waals surface area contributed by atoms with E-state index >= 15 is 0 Å². The molecule has 0 radical (unpaired) electrons. The summed E-state index contributed by atoms with van der Waals surface area (Å²) in [4.78, 5) is 10.7. The Kier molecular flexibility index (Phi) is 6.35. The normalized spacial score (nSPS) is 12.1. The number of anilines is 2. The van der Waals surface area contributed by atoms with Crippen LogP contribution in [0, 0.1) is 0 Å². The van der Waals surface area contributed by atoms with E-state index in [1.807, 2.05) is 6.92 Å². The molecule has 1 heterocycles. The summed E-state index contributed by atoms with van der Waals surface area (Å²) >= 11 is 0. The number of methoxy groups -OCH3 is 2. The second kappa shape index (κ2) is 7.78. The molecule has 19 heavy (non-hydrogen) atoms. The maximum atomic E-state index is 5.47. The van der Waals surface area contributed by atoms with Crippen molar-refractivity contribution in [1.29, 1.82) is 0 Å². The van der Waals surface area contributed by atoms with Gasteiger partial charge in [0.25, 0.3) is 0 Å². The Morgan fingerprint density at radius 1 is 1.32 bits per heavy atom. The molecule has 1 rings (SSSR count). The van der Waals surface area contributed by atoms with Crippen LogP contribution in [0.3, 0.4) is 0 Å². The lowest BCUT2D eigenvalue weighted by Crippen LogP contribution is -2.37. The standard InChI is InChI=1S/C13H24N4O2/c1-6-14-12-11(19-5)13(16-9-15-12)17(7-2)10(3)8-18-4/h9-10H,6-8H2,1-5H3,(H,14,15,16). The van der Waals surface area contributed by atoms with Crippen LogP contribution in [0.25, 0.3) is 0 Å². The van der Waals surface area contributed by atoms with Gasteiger partial charge in [-0.15, -0.1) is 0 Å². The van der Waals surface area contributed by atoms with Crippen LogP contribution in [-0.2, 0) is 4.74 Å². The van der Waals surface area contributed by atoms with Gasteiger partial charge in [-0.1, -0.05) is 0 Å². The van der Waals surface area contributed by atoms with Crippen molar-refractivity contribution in [3.05, 3.63) is 6.33 Å². The third-order valence-corrected chi connectivity index (χ3v) is 2.89. The molecule has 0 aromatic carbocycles. The Labute approximate surface area is 115 Å². The third-order valence-electron chi connectivity index (χ3n) is 2.89. The van der Waals surface area contributed by atoms with E-state index in [0.29, 0.717) is 12.4 Å². The zero-order valence-corrected chi connectivity index (χ0v) is 12.4. The number of aromatic nitrogens is 2. The molecule has 6 nitrogen and oxygen atoms in total. The van der Waals surface area contributed by atoms with E-state index in [1.54, 1.807) is 20.5 Å². The van der Waals surface area contributed by atoms with E-state index in [9.17, 15) is 0 Å². The van der Waals surface area contributed by atoms with E-state index in [2.05, 4.69) is 34.0 Å². The third kappa shape index (κ3) is 3.70. The minimum Gasteiger partial charge on any atom is -0.490 e. The second-order valence-electron chi connectivity index (χ2n) is 4.20. The molecule has 1 atom stereocenters. The fraction of sp³-hybridized carbons (Fsp3) is 0.692. The Balaban J connectivity index is 3.11. The Hall–Kier alpha value is -1.56. The van der Waals surface area contributed by atoms with Crippen LogP contribution in [0.5, 0.6) is 5.75 Å². The zero-order chi connectivity index (χ0) is 14.3. The Morgan fingerprint density at radius 2 is 2.05 bits per heavy atom. The fourth-order valence-corrected chi connectivity index (χ4v) is 2.05. The highest BCUT2D eigenvalue weighted by atomic mass is 16.5. The summed E-state index contributed by atoms with van der Waals surface area (Å²) < 4.78 is 10.7. The zero-order valence-electron chi connectivity index (χ0n) is 12.4. The highest BCUT2D eigenvalue weighted by Gasteiger charge is 2.21.